The van der Waals surface area contributed by atoms with Crippen molar-refractivity contribution >= 4 is 5.69 Å². The standard InChI is InChI=1S/C13H21N3O/c14-6-1-7-15-8-10-16(11-9-15)12-2-4-13(17)5-3-12/h2-5,17H,1,6-11,14H2. The molecule has 0 spiro atoms. The summed E-state index contributed by atoms with van der Waals surface area (Å²) in [4.78, 5) is 4.82. The molecule has 0 bridgehead atoms. The molecule has 0 atom stereocenters. The van der Waals surface area contributed by atoms with E-state index in [1.165, 1.54) is 5.69 Å². The summed E-state index contributed by atoms with van der Waals surface area (Å²) < 4.78 is 0. The van der Waals surface area contributed by atoms with E-state index in [0.29, 0.717) is 5.75 Å². The molecule has 3 N–H and O–H groups in total. The fraction of sp³-hybridized carbons (Fsp3) is 0.538. The van der Waals surface area contributed by atoms with E-state index in [4.69, 9.17) is 5.73 Å². The minimum Gasteiger partial charge on any atom is -0.508 e. The smallest absolute Gasteiger partial charge is 0.115 e. The van der Waals surface area contributed by atoms with Gasteiger partial charge in [0.2, 0.25) is 0 Å². The van der Waals surface area contributed by atoms with Gasteiger partial charge in [0.25, 0.3) is 0 Å². The number of phenols is 1. The van der Waals surface area contributed by atoms with E-state index in [-0.39, 0.29) is 0 Å². The summed E-state index contributed by atoms with van der Waals surface area (Å²) in [5.41, 5.74) is 6.71. The van der Waals surface area contributed by atoms with Crippen molar-refractivity contribution in [2.45, 2.75) is 6.42 Å². The SMILES string of the molecule is NCCCN1CCN(c2ccc(O)cc2)CC1. The Balaban J connectivity index is 1.84. The number of hydrogen-bond acceptors (Lipinski definition) is 4. The normalized spacial score (nSPS) is 17.4. The third kappa shape index (κ3) is 3.35. The lowest BCUT2D eigenvalue weighted by Crippen LogP contribution is -2.46. The number of hydrogen-bond donors (Lipinski definition) is 2. The Hall–Kier alpha value is -1.26. The number of anilines is 1. The fourth-order valence-corrected chi connectivity index (χ4v) is 2.21. The van der Waals surface area contributed by atoms with Crippen LogP contribution in [-0.4, -0.2) is 49.3 Å². The molecule has 1 saturated heterocycles. The molecule has 1 aliphatic rings. The van der Waals surface area contributed by atoms with Gasteiger partial charge >= 0.3 is 0 Å². The first kappa shape index (κ1) is 12.2. The summed E-state index contributed by atoms with van der Waals surface area (Å²) in [7, 11) is 0. The van der Waals surface area contributed by atoms with E-state index in [1.807, 2.05) is 12.1 Å². The first-order chi connectivity index (χ1) is 8.29. The van der Waals surface area contributed by atoms with Crippen molar-refractivity contribution in [2.24, 2.45) is 5.73 Å². The van der Waals surface area contributed by atoms with Crippen LogP contribution in [0, 0.1) is 0 Å². The van der Waals surface area contributed by atoms with Crippen LogP contribution in [0.3, 0.4) is 0 Å². The highest BCUT2D eigenvalue weighted by Crippen LogP contribution is 2.19. The first-order valence-corrected chi connectivity index (χ1v) is 6.26. The van der Waals surface area contributed by atoms with Crippen molar-refractivity contribution in [3.63, 3.8) is 0 Å². The van der Waals surface area contributed by atoms with Crippen molar-refractivity contribution in [3.8, 4) is 5.75 Å². The maximum absolute atomic E-state index is 9.26. The molecule has 2 rings (SSSR count). The highest BCUT2D eigenvalue weighted by Gasteiger charge is 2.16. The molecule has 0 radical (unpaired) electrons. The van der Waals surface area contributed by atoms with Gasteiger partial charge < -0.3 is 15.7 Å². The van der Waals surface area contributed by atoms with E-state index in [0.717, 1.165) is 45.7 Å². The largest absolute Gasteiger partial charge is 0.508 e. The summed E-state index contributed by atoms with van der Waals surface area (Å²) in [6.45, 7) is 6.19. The summed E-state index contributed by atoms with van der Waals surface area (Å²) in [6, 6.07) is 7.45. The molecular formula is C13H21N3O. The predicted octanol–water partition coefficient (Wildman–Crippen LogP) is 0.863. The average molecular weight is 235 g/mol. The average Bonchev–Trinajstić information content (AvgIpc) is 2.38. The van der Waals surface area contributed by atoms with Crippen molar-refractivity contribution in [2.75, 3.05) is 44.2 Å². The minimum absolute atomic E-state index is 0.329. The maximum atomic E-state index is 9.26. The molecule has 1 aliphatic heterocycles. The van der Waals surface area contributed by atoms with Gasteiger partial charge in [0.1, 0.15) is 5.75 Å². The zero-order valence-electron chi connectivity index (χ0n) is 10.2. The number of phenolic OH excluding ortho intramolecular Hbond substituents is 1. The van der Waals surface area contributed by atoms with Crippen LogP contribution in [-0.2, 0) is 0 Å². The third-order valence-electron chi connectivity index (χ3n) is 3.27. The second kappa shape index (κ2) is 5.89. The van der Waals surface area contributed by atoms with Crippen molar-refractivity contribution in [1.29, 1.82) is 0 Å². The number of benzene rings is 1. The second-order valence-corrected chi connectivity index (χ2v) is 4.49. The zero-order chi connectivity index (χ0) is 12.1. The minimum atomic E-state index is 0.329. The molecule has 94 valence electrons. The van der Waals surface area contributed by atoms with E-state index in [2.05, 4.69) is 9.80 Å². The van der Waals surface area contributed by atoms with Crippen LogP contribution >= 0.6 is 0 Å². The Bertz CT molecular complexity index is 331. The molecule has 4 nitrogen and oxygen atoms in total. The van der Waals surface area contributed by atoms with Crippen LogP contribution in [0.15, 0.2) is 24.3 Å². The Morgan fingerprint density at radius 3 is 2.29 bits per heavy atom. The molecule has 0 unspecified atom stereocenters. The molecule has 17 heavy (non-hydrogen) atoms. The number of piperazine rings is 1. The summed E-state index contributed by atoms with van der Waals surface area (Å²) in [6.07, 6.45) is 1.08. The Morgan fingerprint density at radius 2 is 1.71 bits per heavy atom. The highest BCUT2D eigenvalue weighted by molar-refractivity contribution is 5.49. The van der Waals surface area contributed by atoms with Gasteiger partial charge in [-0.1, -0.05) is 0 Å². The third-order valence-corrected chi connectivity index (χ3v) is 3.27. The predicted molar refractivity (Wildman–Crippen MR) is 70.4 cm³/mol. The van der Waals surface area contributed by atoms with Gasteiger partial charge in [0.05, 0.1) is 0 Å². The monoisotopic (exact) mass is 235 g/mol. The Morgan fingerprint density at radius 1 is 1.06 bits per heavy atom. The molecule has 1 fully saturated rings. The Kier molecular flexibility index (Phi) is 4.23. The molecule has 4 heteroatoms. The summed E-state index contributed by atoms with van der Waals surface area (Å²) in [5.74, 6) is 0.329. The molecule has 0 aliphatic carbocycles. The number of aromatic hydroxyl groups is 1. The zero-order valence-corrected chi connectivity index (χ0v) is 10.2. The molecule has 0 aromatic heterocycles. The van der Waals surface area contributed by atoms with E-state index in [9.17, 15) is 5.11 Å². The van der Waals surface area contributed by atoms with Gasteiger partial charge in [-0.3, -0.25) is 4.90 Å². The molecule has 1 aromatic carbocycles. The second-order valence-electron chi connectivity index (χ2n) is 4.49. The quantitative estimate of drug-likeness (QED) is 0.813. The van der Waals surface area contributed by atoms with Crippen molar-refractivity contribution < 1.29 is 5.11 Å². The van der Waals surface area contributed by atoms with Gasteiger partial charge in [-0.2, -0.15) is 0 Å². The van der Waals surface area contributed by atoms with Crippen LogP contribution in [0.2, 0.25) is 0 Å². The van der Waals surface area contributed by atoms with E-state index in [1.54, 1.807) is 12.1 Å². The van der Waals surface area contributed by atoms with Crippen LogP contribution < -0.4 is 10.6 Å². The van der Waals surface area contributed by atoms with Crippen LogP contribution in [0.1, 0.15) is 6.42 Å². The number of nitrogens with two attached hydrogens (primary N) is 1. The molecule has 1 heterocycles. The Labute approximate surface area is 103 Å². The van der Waals surface area contributed by atoms with Crippen LogP contribution in [0.5, 0.6) is 5.75 Å². The van der Waals surface area contributed by atoms with Gasteiger partial charge in [-0.25, -0.2) is 0 Å². The molecule has 0 saturated carbocycles. The topological polar surface area (TPSA) is 52.7 Å². The van der Waals surface area contributed by atoms with Gasteiger partial charge in [0, 0.05) is 31.9 Å². The molecule has 1 aromatic rings. The summed E-state index contributed by atoms with van der Waals surface area (Å²) >= 11 is 0. The molecular weight excluding hydrogens is 214 g/mol. The number of nitrogens with zero attached hydrogens (tertiary/aromatic N) is 2. The molecule has 0 amide bonds. The maximum Gasteiger partial charge on any atom is 0.115 e. The van der Waals surface area contributed by atoms with Crippen molar-refractivity contribution in [3.05, 3.63) is 24.3 Å². The van der Waals surface area contributed by atoms with Gasteiger partial charge in [-0.15, -0.1) is 0 Å². The van der Waals surface area contributed by atoms with Crippen LogP contribution in [0.4, 0.5) is 5.69 Å². The van der Waals surface area contributed by atoms with Gasteiger partial charge in [0.15, 0.2) is 0 Å². The van der Waals surface area contributed by atoms with E-state index < -0.39 is 0 Å². The lowest BCUT2D eigenvalue weighted by Gasteiger charge is -2.36. The lowest BCUT2D eigenvalue weighted by molar-refractivity contribution is 0.256. The van der Waals surface area contributed by atoms with Crippen molar-refractivity contribution in [1.82, 2.24) is 4.90 Å². The fourth-order valence-electron chi connectivity index (χ4n) is 2.21. The summed E-state index contributed by atoms with van der Waals surface area (Å²) in [5, 5.41) is 9.26. The number of rotatable bonds is 4. The van der Waals surface area contributed by atoms with Crippen LogP contribution in [0.25, 0.3) is 0 Å². The van der Waals surface area contributed by atoms with E-state index >= 15 is 0 Å². The lowest BCUT2D eigenvalue weighted by atomic mass is 10.2. The first-order valence-electron chi connectivity index (χ1n) is 6.26. The highest BCUT2D eigenvalue weighted by atomic mass is 16.3. The van der Waals surface area contributed by atoms with Gasteiger partial charge in [-0.05, 0) is 43.8 Å².